The predicted molar refractivity (Wildman–Crippen MR) is 137 cm³/mol. The summed E-state index contributed by atoms with van der Waals surface area (Å²) in [6, 6.07) is 17.5. The molecule has 0 saturated carbocycles. The van der Waals surface area contributed by atoms with E-state index in [0.29, 0.717) is 51.4 Å². The van der Waals surface area contributed by atoms with Gasteiger partial charge >= 0.3 is 0 Å². The molecule has 8 nitrogen and oxygen atoms in total. The van der Waals surface area contributed by atoms with Crippen LogP contribution in [-0.2, 0) is 4.79 Å². The van der Waals surface area contributed by atoms with Crippen molar-refractivity contribution in [2.24, 2.45) is 0 Å². The van der Waals surface area contributed by atoms with Crippen LogP contribution in [0.5, 0.6) is 23.0 Å². The highest BCUT2D eigenvalue weighted by atomic mass is 32.2. The summed E-state index contributed by atoms with van der Waals surface area (Å²) < 4.78 is 21.4. The van der Waals surface area contributed by atoms with Gasteiger partial charge in [-0.1, -0.05) is 12.1 Å². The number of amides is 2. The van der Waals surface area contributed by atoms with E-state index in [9.17, 15) is 9.59 Å². The summed E-state index contributed by atoms with van der Waals surface area (Å²) in [5, 5.41) is 5.71. The van der Waals surface area contributed by atoms with Crippen molar-refractivity contribution in [2.45, 2.75) is 11.8 Å². The van der Waals surface area contributed by atoms with Gasteiger partial charge in [0.05, 0.1) is 39.3 Å². The number of methoxy groups -OCH3 is 3. The van der Waals surface area contributed by atoms with E-state index >= 15 is 0 Å². The van der Waals surface area contributed by atoms with E-state index in [4.69, 9.17) is 18.9 Å². The van der Waals surface area contributed by atoms with Crippen molar-refractivity contribution >= 4 is 35.0 Å². The third-order valence-electron chi connectivity index (χ3n) is 4.88. The fraction of sp³-hybridized carbons (Fsp3) is 0.231. The van der Waals surface area contributed by atoms with E-state index in [-0.39, 0.29) is 17.6 Å². The van der Waals surface area contributed by atoms with Crippen molar-refractivity contribution in [3.63, 3.8) is 0 Å². The van der Waals surface area contributed by atoms with Crippen LogP contribution >= 0.6 is 11.8 Å². The maximum atomic E-state index is 13.0. The zero-order valence-corrected chi connectivity index (χ0v) is 20.9. The lowest BCUT2D eigenvalue weighted by Crippen LogP contribution is -2.16. The highest BCUT2D eigenvalue weighted by Gasteiger charge is 2.15. The fourth-order valence-corrected chi connectivity index (χ4v) is 4.10. The van der Waals surface area contributed by atoms with E-state index in [2.05, 4.69) is 10.6 Å². The Bertz CT molecular complexity index is 1180. The summed E-state index contributed by atoms with van der Waals surface area (Å²) in [7, 11) is 4.62. The summed E-state index contributed by atoms with van der Waals surface area (Å²) in [6.45, 7) is 2.39. The Morgan fingerprint density at radius 1 is 0.771 bits per heavy atom. The van der Waals surface area contributed by atoms with E-state index in [1.165, 1.54) is 18.9 Å². The number of anilines is 2. The Morgan fingerprint density at radius 3 is 2.03 bits per heavy atom. The number of ether oxygens (including phenoxy) is 4. The van der Waals surface area contributed by atoms with Crippen molar-refractivity contribution in [1.29, 1.82) is 0 Å². The van der Waals surface area contributed by atoms with Crippen molar-refractivity contribution in [2.75, 3.05) is 44.3 Å². The van der Waals surface area contributed by atoms with Crippen LogP contribution < -0.4 is 29.6 Å². The van der Waals surface area contributed by atoms with E-state index in [1.807, 2.05) is 19.1 Å². The molecule has 0 aliphatic heterocycles. The smallest absolute Gasteiger partial charge is 0.256 e. The van der Waals surface area contributed by atoms with E-state index < -0.39 is 0 Å². The van der Waals surface area contributed by atoms with Crippen LogP contribution in [-0.4, -0.2) is 45.5 Å². The van der Waals surface area contributed by atoms with Crippen LogP contribution in [0.15, 0.2) is 65.6 Å². The van der Waals surface area contributed by atoms with Crippen LogP contribution in [0.25, 0.3) is 0 Å². The van der Waals surface area contributed by atoms with Gasteiger partial charge < -0.3 is 29.6 Å². The van der Waals surface area contributed by atoms with Gasteiger partial charge in [-0.05, 0) is 43.3 Å². The lowest BCUT2D eigenvalue weighted by molar-refractivity contribution is -0.113. The third kappa shape index (κ3) is 6.83. The predicted octanol–water partition coefficient (Wildman–Crippen LogP) is 5.09. The number of hydrogen-bond donors (Lipinski definition) is 2. The monoisotopic (exact) mass is 496 g/mol. The summed E-state index contributed by atoms with van der Waals surface area (Å²) in [5.74, 6) is 1.84. The molecule has 3 aromatic rings. The second-order valence-corrected chi connectivity index (χ2v) is 8.17. The topological polar surface area (TPSA) is 95.1 Å². The molecular formula is C26H28N2O6S. The van der Waals surface area contributed by atoms with Gasteiger partial charge in [0.15, 0.2) is 23.0 Å². The maximum Gasteiger partial charge on any atom is 0.256 e. The molecule has 0 radical (unpaired) electrons. The van der Waals surface area contributed by atoms with Gasteiger partial charge in [-0.3, -0.25) is 9.59 Å². The quantitative estimate of drug-likeness (QED) is 0.357. The first-order chi connectivity index (χ1) is 17.0. The van der Waals surface area contributed by atoms with Gasteiger partial charge in [-0.25, -0.2) is 0 Å². The van der Waals surface area contributed by atoms with Gasteiger partial charge in [-0.2, -0.15) is 0 Å². The molecule has 0 aliphatic rings. The molecule has 2 N–H and O–H groups in total. The van der Waals surface area contributed by atoms with Crippen molar-refractivity contribution in [3.05, 3.63) is 66.2 Å². The van der Waals surface area contributed by atoms with Crippen molar-refractivity contribution in [1.82, 2.24) is 0 Å². The number of benzene rings is 3. The van der Waals surface area contributed by atoms with Crippen molar-refractivity contribution in [3.8, 4) is 23.0 Å². The molecule has 0 heterocycles. The average Bonchev–Trinajstić information content (AvgIpc) is 2.88. The Labute approximate surface area is 208 Å². The molecule has 0 bridgehead atoms. The molecule has 0 fully saturated rings. The molecule has 35 heavy (non-hydrogen) atoms. The maximum absolute atomic E-state index is 13.0. The van der Waals surface area contributed by atoms with Gasteiger partial charge in [0.2, 0.25) is 5.91 Å². The average molecular weight is 497 g/mol. The first kappa shape index (κ1) is 25.8. The molecule has 3 rings (SSSR count). The number of rotatable bonds is 11. The molecule has 0 aromatic heterocycles. The minimum absolute atomic E-state index is 0.121. The number of hydrogen-bond acceptors (Lipinski definition) is 7. The number of carbonyl (C=O) groups is 2. The molecule has 0 atom stereocenters. The summed E-state index contributed by atoms with van der Waals surface area (Å²) in [5.41, 5.74) is 1.62. The first-order valence-corrected chi connectivity index (χ1v) is 11.8. The van der Waals surface area contributed by atoms with Crippen LogP contribution in [0.4, 0.5) is 11.4 Å². The highest BCUT2D eigenvalue weighted by Crippen LogP contribution is 2.32. The van der Waals surface area contributed by atoms with Crippen LogP contribution in [0, 0.1) is 0 Å². The molecule has 0 unspecified atom stereocenters. The molecule has 0 spiro atoms. The highest BCUT2D eigenvalue weighted by molar-refractivity contribution is 8.00. The van der Waals surface area contributed by atoms with E-state index in [0.717, 1.165) is 0 Å². The normalized spacial score (nSPS) is 10.3. The zero-order chi connectivity index (χ0) is 25.2. The number of carbonyl (C=O) groups excluding carboxylic acids is 2. The second kappa shape index (κ2) is 12.6. The van der Waals surface area contributed by atoms with Gasteiger partial charge in [-0.15, -0.1) is 11.8 Å². The number of thioether (sulfide) groups is 1. The lowest BCUT2D eigenvalue weighted by Gasteiger charge is -2.13. The Morgan fingerprint density at radius 2 is 1.37 bits per heavy atom. The van der Waals surface area contributed by atoms with Gasteiger partial charge in [0.25, 0.3) is 5.91 Å². The molecule has 2 amide bonds. The molecule has 0 aliphatic carbocycles. The van der Waals surface area contributed by atoms with Gasteiger partial charge in [0.1, 0.15) is 0 Å². The largest absolute Gasteiger partial charge is 0.493 e. The fourth-order valence-electron chi connectivity index (χ4n) is 3.25. The second-order valence-electron chi connectivity index (χ2n) is 7.16. The standard InChI is InChI=1S/C26H28N2O6S/c1-5-34-21-13-11-18(15-23(21)33-4)28-26(30)19-8-6-7-9-24(19)35-16-25(29)27-17-10-12-20(31-2)22(14-17)32-3/h6-15H,5,16H2,1-4H3,(H,27,29)(H,28,30). The minimum Gasteiger partial charge on any atom is -0.493 e. The third-order valence-corrected chi connectivity index (χ3v) is 5.95. The Balaban J connectivity index is 1.66. The Hall–Kier alpha value is -3.85. The lowest BCUT2D eigenvalue weighted by atomic mass is 10.2. The Kier molecular flexibility index (Phi) is 9.25. The van der Waals surface area contributed by atoms with Crippen LogP contribution in [0.3, 0.4) is 0 Å². The molecule has 9 heteroatoms. The van der Waals surface area contributed by atoms with E-state index in [1.54, 1.807) is 62.8 Å². The van der Waals surface area contributed by atoms with Crippen LogP contribution in [0.2, 0.25) is 0 Å². The van der Waals surface area contributed by atoms with Crippen molar-refractivity contribution < 1.29 is 28.5 Å². The SMILES string of the molecule is CCOc1ccc(NC(=O)c2ccccc2SCC(=O)Nc2ccc(OC)c(OC)c2)cc1OC. The summed E-state index contributed by atoms with van der Waals surface area (Å²) in [6.07, 6.45) is 0. The summed E-state index contributed by atoms with van der Waals surface area (Å²) in [4.78, 5) is 26.2. The molecule has 0 saturated heterocycles. The summed E-state index contributed by atoms with van der Waals surface area (Å²) >= 11 is 1.27. The minimum atomic E-state index is -0.292. The molecule has 3 aromatic carbocycles. The molecular weight excluding hydrogens is 468 g/mol. The van der Waals surface area contributed by atoms with Crippen LogP contribution in [0.1, 0.15) is 17.3 Å². The molecule has 184 valence electrons. The first-order valence-electron chi connectivity index (χ1n) is 10.8. The number of nitrogens with one attached hydrogen (secondary N) is 2. The van der Waals surface area contributed by atoms with Gasteiger partial charge in [0, 0.05) is 28.4 Å². The zero-order valence-electron chi connectivity index (χ0n) is 20.0.